The van der Waals surface area contributed by atoms with Crippen molar-refractivity contribution in [3.63, 3.8) is 0 Å². The van der Waals surface area contributed by atoms with Crippen LogP contribution in [-0.4, -0.2) is 23.9 Å². The summed E-state index contributed by atoms with van der Waals surface area (Å²) in [6.45, 7) is 3.65. The van der Waals surface area contributed by atoms with Crippen LogP contribution in [0.4, 0.5) is 5.69 Å². The smallest absolute Gasteiger partial charge is 0.357 e. The molecular formula is C17H17NO3. The van der Waals surface area contributed by atoms with E-state index in [0.717, 1.165) is 5.57 Å². The summed E-state index contributed by atoms with van der Waals surface area (Å²) in [5.41, 5.74) is 1.77. The molecule has 1 aliphatic heterocycles. The Balaban J connectivity index is 2.07. The van der Waals surface area contributed by atoms with Crippen LogP contribution in [0.2, 0.25) is 0 Å². The van der Waals surface area contributed by atoms with Gasteiger partial charge in [-0.2, -0.15) is 0 Å². The molecule has 1 unspecified atom stereocenters. The van der Waals surface area contributed by atoms with Gasteiger partial charge >= 0.3 is 5.97 Å². The number of aliphatic imine (C=N–C) groups is 1. The number of carbonyl (C=O) groups is 1. The van der Waals surface area contributed by atoms with E-state index in [-0.39, 0.29) is 12.2 Å². The lowest BCUT2D eigenvalue weighted by Gasteiger charge is -2.21. The second-order valence-corrected chi connectivity index (χ2v) is 5.27. The molecule has 1 heterocycles. The molecule has 1 atom stereocenters. The van der Waals surface area contributed by atoms with Gasteiger partial charge < -0.3 is 9.47 Å². The number of esters is 1. The molecule has 0 saturated heterocycles. The highest BCUT2D eigenvalue weighted by molar-refractivity contribution is 6.44. The van der Waals surface area contributed by atoms with E-state index in [1.54, 1.807) is 0 Å². The summed E-state index contributed by atoms with van der Waals surface area (Å²) in [6, 6.07) is 7.47. The molecule has 0 N–H and O–H groups in total. The molecule has 0 aromatic heterocycles. The molecule has 1 aromatic rings. The standard InChI is InChI=1S/C17H17NO3/c1-11(2)20-17(19)16-12-7-3-5-9-14(12)21-15-10-6-4-8-13(15)18-16/h3-8,10-11,14H,9H2,1-2H3. The highest BCUT2D eigenvalue weighted by Gasteiger charge is 2.31. The molecule has 3 rings (SSSR count). The quantitative estimate of drug-likeness (QED) is 0.782. The van der Waals surface area contributed by atoms with Gasteiger partial charge in [-0.3, -0.25) is 0 Å². The number of rotatable bonds is 2. The predicted molar refractivity (Wildman–Crippen MR) is 81.0 cm³/mol. The molecule has 1 aromatic carbocycles. The van der Waals surface area contributed by atoms with Crippen molar-refractivity contribution in [2.24, 2.45) is 4.99 Å². The maximum Gasteiger partial charge on any atom is 0.357 e. The summed E-state index contributed by atoms with van der Waals surface area (Å²) >= 11 is 0. The average molecular weight is 283 g/mol. The van der Waals surface area contributed by atoms with Crippen molar-refractivity contribution >= 4 is 17.4 Å². The Bertz CT molecular complexity index is 656. The molecule has 0 amide bonds. The van der Waals surface area contributed by atoms with Gasteiger partial charge in [0.25, 0.3) is 0 Å². The van der Waals surface area contributed by atoms with E-state index in [1.807, 2.05) is 56.3 Å². The van der Waals surface area contributed by atoms with Gasteiger partial charge in [0.15, 0.2) is 5.71 Å². The third-order valence-electron chi connectivity index (χ3n) is 3.29. The summed E-state index contributed by atoms with van der Waals surface area (Å²) in [4.78, 5) is 16.8. The lowest BCUT2D eigenvalue weighted by molar-refractivity contribution is -0.139. The molecule has 0 bridgehead atoms. The zero-order chi connectivity index (χ0) is 14.8. The van der Waals surface area contributed by atoms with Crippen molar-refractivity contribution in [3.05, 3.63) is 48.1 Å². The molecule has 0 saturated carbocycles. The average Bonchev–Trinajstić information content (AvgIpc) is 2.63. The summed E-state index contributed by atoms with van der Waals surface area (Å²) in [7, 11) is 0. The molecule has 108 valence electrons. The van der Waals surface area contributed by atoms with Crippen LogP contribution in [0.25, 0.3) is 0 Å². The van der Waals surface area contributed by atoms with Crippen LogP contribution in [0.3, 0.4) is 0 Å². The van der Waals surface area contributed by atoms with Gasteiger partial charge in [0, 0.05) is 12.0 Å². The van der Waals surface area contributed by atoms with Crippen LogP contribution < -0.4 is 4.74 Å². The van der Waals surface area contributed by atoms with E-state index in [9.17, 15) is 4.79 Å². The highest BCUT2D eigenvalue weighted by Crippen LogP contribution is 2.35. The van der Waals surface area contributed by atoms with E-state index in [4.69, 9.17) is 9.47 Å². The number of hydrogen-bond acceptors (Lipinski definition) is 4. The van der Waals surface area contributed by atoms with Crippen molar-refractivity contribution in [2.75, 3.05) is 0 Å². The topological polar surface area (TPSA) is 47.9 Å². The number of para-hydroxylation sites is 2. The third-order valence-corrected chi connectivity index (χ3v) is 3.29. The van der Waals surface area contributed by atoms with Gasteiger partial charge in [0.05, 0.1) is 6.10 Å². The molecule has 0 fully saturated rings. The van der Waals surface area contributed by atoms with Crippen LogP contribution in [0.15, 0.2) is 53.1 Å². The Morgan fingerprint density at radius 1 is 1.38 bits per heavy atom. The zero-order valence-corrected chi connectivity index (χ0v) is 12.1. The first-order chi connectivity index (χ1) is 10.1. The molecule has 4 heteroatoms. The molecule has 1 aliphatic carbocycles. The first kappa shape index (κ1) is 13.6. The third kappa shape index (κ3) is 2.75. The minimum Gasteiger partial charge on any atom is -0.483 e. The molecule has 21 heavy (non-hydrogen) atoms. The fourth-order valence-corrected chi connectivity index (χ4v) is 2.37. The van der Waals surface area contributed by atoms with Gasteiger partial charge in [-0.05, 0) is 26.0 Å². The molecule has 4 nitrogen and oxygen atoms in total. The summed E-state index contributed by atoms with van der Waals surface area (Å²) in [5.74, 6) is 0.285. The number of carbonyl (C=O) groups excluding carboxylic acids is 1. The molecular weight excluding hydrogens is 266 g/mol. The first-order valence-electron chi connectivity index (χ1n) is 7.07. The Morgan fingerprint density at radius 2 is 2.19 bits per heavy atom. The minimum atomic E-state index is -0.406. The van der Waals surface area contributed by atoms with E-state index in [1.165, 1.54) is 0 Å². The maximum absolute atomic E-state index is 12.4. The second-order valence-electron chi connectivity index (χ2n) is 5.27. The summed E-state index contributed by atoms with van der Waals surface area (Å²) in [6.07, 6.45) is 6.15. The predicted octanol–water partition coefficient (Wildman–Crippen LogP) is 3.36. The zero-order valence-electron chi connectivity index (χ0n) is 12.1. The van der Waals surface area contributed by atoms with Gasteiger partial charge in [-0.15, -0.1) is 0 Å². The molecule has 0 spiro atoms. The number of fused-ring (bicyclic) bond motifs is 2. The van der Waals surface area contributed by atoms with Crippen LogP contribution >= 0.6 is 0 Å². The van der Waals surface area contributed by atoms with Crippen LogP contribution in [0.5, 0.6) is 5.75 Å². The number of hydrogen-bond donors (Lipinski definition) is 0. The van der Waals surface area contributed by atoms with Crippen LogP contribution in [-0.2, 0) is 9.53 Å². The fourth-order valence-electron chi connectivity index (χ4n) is 2.37. The first-order valence-corrected chi connectivity index (χ1v) is 7.07. The Kier molecular flexibility index (Phi) is 3.60. The van der Waals surface area contributed by atoms with Gasteiger partial charge in [0.1, 0.15) is 17.5 Å². The molecule has 0 radical (unpaired) electrons. The lowest BCUT2D eigenvalue weighted by atomic mass is 9.97. The van der Waals surface area contributed by atoms with Crippen LogP contribution in [0, 0.1) is 0 Å². The van der Waals surface area contributed by atoms with E-state index in [0.29, 0.717) is 23.6 Å². The van der Waals surface area contributed by atoms with E-state index >= 15 is 0 Å². The number of benzene rings is 1. The summed E-state index contributed by atoms with van der Waals surface area (Å²) < 4.78 is 11.3. The van der Waals surface area contributed by atoms with Crippen molar-refractivity contribution in [1.82, 2.24) is 0 Å². The van der Waals surface area contributed by atoms with Crippen molar-refractivity contribution in [2.45, 2.75) is 32.5 Å². The van der Waals surface area contributed by atoms with E-state index in [2.05, 4.69) is 4.99 Å². The second kappa shape index (κ2) is 5.56. The van der Waals surface area contributed by atoms with Crippen molar-refractivity contribution < 1.29 is 14.3 Å². The lowest BCUT2D eigenvalue weighted by Crippen LogP contribution is -2.30. The number of ether oxygens (including phenoxy) is 2. The van der Waals surface area contributed by atoms with E-state index < -0.39 is 5.97 Å². The van der Waals surface area contributed by atoms with Crippen LogP contribution in [0.1, 0.15) is 20.3 Å². The minimum absolute atomic E-state index is 0.183. The number of nitrogens with zero attached hydrogens (tertiary/aromatic N) is 1. The monoisotopic (exact) mass is 283 g/mol. The van der Waals surface area contributed by atoms with Crippen molar-refractivity contribution in [3.8, 4) is 5.75 Å². The number of allylic oxidation sites excluding steroid dienone is 2. The fraction of sp³-hybridized carbons (Fsp3) is 0.294. The SMILES string of the molecule is CC(C)OC(=O)C1=Nc2ccccc2OC2CC=CC=C12. The van der Waals surface area contributed by atoms with Gasteiger partial charge in [0.2, 0.25) is 0 Å². The highest BCUT2D eigenvalue weighted by atomic mass is 16.5. The summed E-state index contributed by atoms with van der Waals surface area (Å²) in [5, 5.41) is 0. The Labute approximate surface area is 123 Å². The largest absolute Gasteiger partial charge is 0.483 e. The van der Waals surface area contributed by atoms with Gasteiger partial charge in [-0.25, -0.2) is 9.79 Å². The Morgan fingerprint density at radius 3 is 3.00 bits per heavy atom. The normalized spacial score (nSPS) is 19.7. The Hall–Kier alpha value is -2.36. The van der Waals surface area contributed by atoms with Crippen molar-refractivity contribution in [1.29, 1.82) is 0 Å². The van der Waals surface area contributed by atoms with Gasteiger partial charge in [-0.1, -0.05) is 30.4 Å². The molecule has 2 aliphatic rings. The maximum atomic E-state index is 12.4.